The SMILES string of the molecule is CCOC(=O)N1CCN(C(=O)Nc2sc3c(c2C(=O)[O-])CCC3)CC1. The lowest BCUT2D eigenvalue weighted by molar-refractivity contribution is -0.254. The van der Waals surface area contributed by atoms with Gasteiger partial charge in [0, 0.05) is 36.6 Å². The highest BCUT2D eigenvalue weighted by Crippen LogP contribution is 2.38. The zero-order chi connectivity index (χ0) is 18.0. The maximum Gasteiger partial charge on any atom is 0.409 e. The second-order valence-electron chi connectivity index (χ2n) is 5.95. The third-order valence-corrected chi connectivity index (χ3v) is 5.65. The van der Waals surface area contributed by atoms with Gasteiger partial charge in [0.1, 0.15) is 5.00 Å². The summed E-state index contributed by atoms with van der Waals surface area (Å²) in [7, 11) is 0. The number of hydrogen-bond acceptors (Lipinski definition) is 6. The molecular formula is C16H20N3O5S-. The van der Waals surface area contributed by atoms with Gasteiger partial charge in [-0.3, -0.25) is 5.32 Å². The van der Waals surface area contributed by atoms with E-state index in [0.29, 0.717) is 44.2 Å². The summed E-state index contributed by atoms with van der Waals surface area (Å²) < 4.78 is 4.95. The summed E-state index contributed by atoms with van der Waals surface area (Å²) in [5.74, 6) is -1.25. The zero-order valence-corrected chi connectivity index (χ0v) is 14.8. The molecule has 1 N–H and O–H groups in total. The van der Waals surface area contributed by atoms with E-state index in [-0.39, 0.29) is 17.7 Å². The fourth-order valence-corrected chi connectivity index (χ4v) is 4.46. The number of carbonyl (C=O) groups excluding carboxylic acids is 3. The Bertz CT molecular complexity index is 694. The first-order valence-corrected chi connectivity index (χ1v) is 9.16. The molecule has 0 bridgehead atoms. The van der Waals surface area contributed by atoms with Gasteiger partial charge in [-0.2, -0.15) is 0 Å². The molecule has 25 heavy (non-hydrogen) atoms. The van der Waals surface area contributed by atoms with Crippen LogP contribution < -0.4 is 10.4 Å². The van der Waals surface area contributed by atoms with E-state index in [1.54, 1.807) is 16.7 Å². The van der Waals surface area contributed by atoms with Crippen LogP contribution in [0.2, 0.25) is 0 Å². The Balaban J connectivity index is 1.63. The number of ether oxygens (including phenoxy) is 1. The molecule has 8 nitrogen and oxygen atoms in total. The first-order valence-electron chi connectivity index (χ1n) is 8.34. The Labute approximate surface area is 149 Å². The smallest absolute Gasteiger partial charge is 0.409 e. The fourth-order valence-electron chi connectivity index (χ4n) is 3.19. The number of thiophene rings is 1. The minimum atomic E-state index is -1.25. The molecule has 1 aliphatic heterocycles. The number of aryl methyl sites for hydroxylation is 1. The third kappa shape index (κ3) is 3.55. The monoisotopic (exact) mass is 366 g/mol. The summed E-state index contributed by atoms with van der Waals surface area (Å²) in [6.45, 7) is 3.58. The number of piperazine rings is 1. The minimum Gasteiger partial charge on any atom is -0.545 e. The van der Waals surface area contributed by atoms with Crippen LogP contribution in [0.1, 0.15) is 34.1 Å². The molecule has 1 aliphatic carbocycles. The average Bonchev–Trinajstić information content (AvgIpc) is 3.15. The maximum atomic E-state index is 12.4. The van der Waals surface area contributed by atoms with Crippen molar-refractivity contribution in [2.75, 3.05) is 38.1 Å². The highest BCUT2D eigenvalue weighted by molar-refractivity contribution is 7.17. The molecule has 3 rings (SSSR count). The molecule has 0 spiro atoms. The van der Waals surface area contributed by atoms with E-state index in [1.165, 1.54) is 11.3 Å². The van der Waals surface area contributed by atoms with E-state index in [9.17, 15) is 19.5 Å². The van der Waals surface area contributed by atoms with Gasteiger partial charge in [0.05, 0.1) is 12.6 Å². The Morgan fingerprint density at radius 1 is 1.16 bits per heavy atom. The number of rotatable bonds is 3. The number of aromatic carboxylic acids is 1. The lowest BCUT2D eigenvalue weighted by Gasteiger charge is -2.33. The van der Waals surface area contributed by atoms with Gasteiger partial charge < -0.3 is 24.4 Å². The zero-order valence-electron chi connectivity index (χ0n) is 14.0. The number of carboxylic acid groups (broad SMARTS) is 1. The van der Waals surface area contributed by atoms with Crippen molar-refractivity contribution in [3.8, 4) is 0 Å². The molecule has 2 heterocycles. The highest BCUT2D eigenvalue weighted by Gasteiger charge is 2.28. The molecule has 0 radical (unpaired) electrons. The molecule has 0 aromatic carbocycles. The normalized spacial score (nSPS) is 16.5. The van der Waals surface area contributed by atoms with Gasteiger partial charge in [0.15, 0.2) is 0 Å². The summed E-state index contributed by atoms with van der Waals surface area (Å²) in [4.78, 5) is 39.7. The van der Waals surface area contributed by atoms with Crippen molar-refractivity contribution in [3.05, 3.63) is 16.0 Å². The van der Waals surface area contributed by atoms with Crippen LogP contribution in [0.3, 0.4) is 0 Å². The molecule has 2 aliphatic rings. The van der Waals surface area contributed by atoms with Crippen molar-refractivity contribution >= 4 is 34.4 Å². The van der Waals surface area contributed by atoms with Crippen LogP contribution in [-0.4, -0.2) is 60.7 Å². The summed E-state index contributed by atoms with van der Waals surface area (Å²) in [5.41, 5.74) is 0.920. The number of anilines is 1. The van der Waals surface area contributed by atoms with Crippen LogP contribution in [0, 0.1) is 0 Å². The van der Waals surface area contributed by atoms with Crippen molar-refractivity contribution < 1.29 is 24.2 Å². The van der Waals surface area contributed by atoms with E-state index in [1.807, 2.05) is 0 Å². The topological polar surface area (TPSA) is 102 Å². The van der Waals surface area contributed by atoms with E-state index >= 15 is 0 Å². The standard InChI is InChI=1S/C16H21N3O5S/c1-2-24-16(23)19-8-6-18(7-9-19)15(22)17-13-12(14(20)21)10-4-3-5-11(10)25-13/h2-9H2,1H3,(H,17,22)(H,20,21)/p-1. The molecule has 3 amide bonds. The quantitative estimate of drug-likeness (QED) is 0.856. The van der Waals surface area contributed by atoms with Gasteiger partial charge in [-0.15, -0.1) is 11.3 Å². The first-order chi connectivity index (χ1) is 12.0. The molecule has 1 aromatic rings. The molecular weight excluding hydrogens is 346 g/mol. The van der Waals surface area contributed by atoms with Gasteiger partial charge in [-0.25, -0.2) is 9.59 Å². The highest BCUT2D eigenvalue weighted by atomic mass is 32.1. The lowest BCUT2D eigenvalue weighted by atomic mass is 10.1. The fraction of sp³-hybridized carbons (Fsp3) is 0.562. The molecule has 136 valence electrons. The molecule has 1 aromatic heterocycles. The molecule has 0 saturated carbocycles. The lowest BCUT2D eigenvalue weighted by Crippen LogP contribution is -2.51. The second kappa shape index (κ2) is 7.30. The largest absolute Gasteiger partial charge is 0.545 e. The number of amides is 3. The van der Waals surface area contributed by atoms with Crippen molar-refractivity contribution in [1.29, 1.82) is 0 Å². The second-order valence-corrected chi connectivity index (χ2v) is 7.06. The predicted molar refractivity (Wildman–Crippen MR) is 89.9 cm³/mol. The van der Waals surface area contributed by atoms with Gasteiger partial charge in [0.2, 0.25) is 0 Å². The molecule has 1 fully saturated rings. The summed E-state index contributed by atoms with van der Waals surface area (Å²) in [6, 6.07) is -0.356. The number of fused-ring (bicyclic) bond motifs is 1. The van der Waals surface area contributed by atoms with Gasteiger partial charge in [-0.1, -0.05) is 0 Å². The van der Waals surface area contributed by atoms with Gasteiger partial charge in [0.25, 0.3) is 0 Å². The van der Waals surface area contributed by atoms with Crippen molar-refractivity contribution in [1.82, 2.24) is 9.80 Å². The van der Waals surface area contributed by atoms with Gasteiger partial charge >= 0.3 is 12.1 Å². The van der Waals surface area contributed by atoms with Crippen LogP contribution in [-0.2, 0) is 17.6 Å². The van der Waals surface area contributed by atoms with E-state index < -0.39 is 5.97 Å². The number of carboxylic acids is 1. The number of hydrogen-bond donors (Lipinski definition) is 1. The van der Waals surface area contributed by atoms with E-state index in [2.05, 4.69) is 5.32 Å². The Hall–Kier alpha value is -2.29. The van der Waals surface area contributed by atoms with Crippen LogP contribution in [0.4, 0.5) is 14.6 Å². The molecule has 0 unspecified atom stereocenters. The minimum absolute atomic E-state index is 0.121. The summed E-state index contributed by atoms with van der Waals surface area (Å²) in [6.07, 6.45) is 2.11. The van der Waals surface area contributed by atoms with Crippen molar-refractivity contribution in [3.63, 3.8) is 0 Å². The predicted octanol–water partition coefficient (Wildman–Crippen LogP) is 0.906. The first kappa shape index (κ1) is 17.5. The number of carbonyl (C=O) groups is 3. The Kier molecular flexibility index (Phi) is 5.12. The molecule has 1 saturated heterocycles. The Morgan fingerprint density at radius 2 is 1.84 bits per heavy atom. The van der Waals surface area contributed by atoms with E-state index in [0.717, 1.165) is 23.3 Å². The maximum absolute atomic E-state index is 12.4. The Morgan fingerprint density at radius 3 is 2.48 bits per heavy atom. The van der Waals surface area contributed by atoms with Crippen molar-refractivity contribution in [2.24, 2.45) is 0 Å². The van der Waals surface area contributed by atoms with Crippen LogP contribution in [0.15, 0.2) is 0 Å². The summed E-state index contributed by atoms with van der Waals surface area (Å²) in [5, 5.41) is 14.5. The number of nitrogens with one attached hydrogen (secondary N) is 1. The third-order valence-electron chi connectivity index (χ3n) is 4.44. The molecule has 9 heteroatoms. The molecule has 0 atom stereocenters. The van der Waals surface area contributed by atoms with Crippen LogP contribution in [0.5, 0.6) is 0 Å². The summed E-state index contributed by atoms with van der Waals surface area (Å²) >= 11 is 1.32. The van der Waals surface area contributed by atoms with Crippen LogP contribution in [0.25, 0.3) is 0 Å². The van der Waals surface area contributed by atoms with E-state index in [4.69, 9.17) is 4.74 Å². The average molecular weight is 366 g/mol. The number of nitrogens with zero attached hydrogens (tertiary/aromatic N) is 2. The number of urea groups is 1. The van der Waals surface area contributed by atoms with Crippen molar-refractivity contribution in [2.45, 2.75) is 26.2 Å². The van der Waals surface area contributed by atoms with Crippen LogP contribution >= 0.6 is 11.3 Å². The van der Waals surface area contributed by atoms with Gasteiger partial charge in [-0.05, 0) is 31.7 Å².